The van der Waals surface area contributed by atoms with E-state index < -0.39 is 0 Å². The Morgan fingerprint density at radius 2 is 2.67 bits per heavy atom. The van der Waals surface area contributed by atoms with Gasteiger partial charge in [0, 0.05) is 12.6 Å². The Morgan fingerprint density at radius 1 is 1.83 bits per heavy atom. The maximum absolute atomic E-state index is 3.19. The molecular formula is C5H10N. The van der Waals surface area contributed by atoms with Crippen LogP contribution >= 0.6 is 0 Å². The molecule has 0 unspecified atom stereocenters. The molecule has 1 heterocycles. The molecule has 0 amide bonds. The summed E-state index contributed by atoms with van der Waals surface area (Å²) in [7, 11) is 0. The SMILES string of the molecule is C[C@H]1CC[CH]N1. The van der Waals surface area contributed by atoms with E-state index in [9.17, 15) is 0 Å². The average Bonchev–Trinajstić information content (AvgIpc) is 1.86. The largest absolute Gasteiger partial charge is 0.310 e. The Kier molecular flexibility index (Phi) is 1.10. The Morgan fingerprint density at radius 3 is 2.83 bits per heavy atom. The number of rotatable bonds is 0. The second-order valence-corrected chi connectivity index (χ2v) is 1.85. The third-order valence-corrected chi connectivity index (χ3v) is 1.15. The molecule has 1 radical (unpaired) electrons. The Hall–Kier alpha value is -0.0400. The number of nitrogens with one attached hydrogen (secondary N) is 1. The fraction of sp³-hybridized carbons (Fsp3) is 0.800. The van der Waals surface area contributed by atoms with Crippen molar-refractivity contribution in [3.8, 4) is 0 Å². The highest BCUT2D eigenvalue weighted by atomic mass is 14.9. The summed E-state index contributed by atoms with van der Waals surface area (Å²) in [6.45, 7) is 4.33. The van der Waals surface area contributed by atoms with Crippen LogP contribution in [0, 0.1) is 6.54 Å². The van der Waals surface area contributed by atoms with Gasteiger partial charge < -0.3 is 5.32 Å². The summed E-state index contributed by atoms with van der Waals surface area (Å²) in [4.78, 5) is 0. The van der Waals surface area contributed by atoms with Gasteiger partial charge in [-0.2, -0.15) is 0 Å². The molecule has 1 fully saturated rings. The zero-order valence-corrected chi connectivity index (χ0v) is 4.07. The van der Waals surface area contributed by atoms with Crippen molar-refractivity contribution in [1.29, 1.82) is 0 Å². The standard InChI is InChI=1S/C5H10N/c1-5-3-2-4-6-5/h4-6H,2-3H2,1H3/t5-/m0/s1. The molecule has 1 rings (SSSR count). The lowest BCUT2D eigenvalue weighted by Gasteiger charge is -1.94. The molecule has 1 saturated heterocycles. The van der Waals surface area contributed by atoms with E-state index in [0.29, 0.717) is 0 Å². The van der Waals surface area contributed by atoms with Crippen LogP contribution in [-0.2, 0) is 0 Å². The first-order chi connectivity index (χ1) is 2.89. The van der Waals surface area contributed by atoms with E-state index in [0.717, 1.165) is 6.04 Å². The second-order valence-electron chi connectivity index (χ2n) is 1.85. The van der Waals surface area contributed by atoms with Gasteiger partial charge in [-0.25, -0.2) is 0 Å². The maximum Gasteiger partial charge on any atom is 0.0224 e. The van der Waals surface area contributed by atoms with Gasteiger partial charge in [-0.3, -0.25) is 0 Å². The van der Waals surface area contributed by atoms with Crippen LogP contribution in [0.4, 0.5) is 0 Å². The highest BCUT2D eigenvalue weighted by Gasteiger charge is 2.05. The third-order valence-electron chi connectivity index (χ3n) is 1.15. The first-order valence-electron chi connectivity index (χ1n) is 2.47. The smallest absolute Gasteiger partial charge is 0.0224 e. The lowest BCUT2D eigenvalue weighted by atomic mass is 10.3. The van der Waals surface area contributed by atoms with Crippen molar-refractivity contribution in [2.75, 3.05) is 0 Å². The van der Waals surface area contributed by atoms with Crippen LogP contribution in [0.2, 0.25) is 0 Å². The molecule has 0 aromatic rings. The first-order valence-corrected chi connectivity index (χ1v) is 2.47. The van der Waals surface area contributed by atoms with Crippen molar-refractivity contribution < 1.29 is 0 Å². The summed E-state index contributed by atoms with van der Waals surface area (Å²) in [6, 6.07) is 0.741. The minimum absolute atomic E-state index is 0.741. The van der Waals surface area contributed by atoms with Gasteiger partial charge in [0.15, 0.2) is 0 Å². The maximum atomic E-state index is 3.19. The van der Waals surface area contributed by atoms with E-state index in [1.54, 1.807) is 0 Å². The van der Waals surface area contributed by atoms with E-state index in [2.05, 4.69) is 18.8 Å². The van der Waals surface area contributed by atoms with E-state index >= 15 is 0 Å². The summed E-state index contributed by atoms with van der Waals surface area (Å²) in [5.74, 6) is 0. The van der Waals surface area contributed by atoms with Crippen LogP contribution in [0.1, 0.15) is 19.8 Å². The van der Waals surface area contributed by atoms with Gasteiger partial charge in [0.05, 0.1) is 0 Å². The van der Waals surface area contributed by atoms with Gasteiger partial charge in [-0.05, 0) is 19.8 Å². The van der Waals surface area contributed by atoms with Crippen molar-refractivity contribution in [2.24, 2.45) is 0 Å². The van der Waals surface area contributed by atoms with E-state index in [1.807, 2.05) is 0 Å². The van der Waals surface area contributed by atoms with Crippen LogP contribution in [0.15, 0.2) is 0 Å². The summed E-state index contributed by atoms with van der Waals surface area (Å²) >= 11 is 0. The Balaban J connectivity index is 2.18. The van der Waals surface area contributed by atoms with Crippen molar-refractivity contribution in [3.63, 3.8) is 0 Å². The number of hydrogen-bond acceptors (Lipinski definition) is 1. The molecule has 35 valence electrons. The molecule has 6 heavy (non-hydrogen) atoms. The van der Waals surface area contributed by atoms with Crippen molar-refractivity contribution in [2.45, 2.75) is 25.8 Å². The Labute approximate surface area is 38.7 Å². The molecule has 1 nitrogen and oxygen atoms in total. The molecule has 0 bridgehead atoms. The molecule has 0 aromatic heterocycles. The fourth-order valence-electron chi connectivity index (χ4n) is 0.701. The predicted molar refractivity (Wildman–Crippen MR) is 26.1 cm³/mol. The predicted octanol–water partition coefficient (Wildman–Crippen LogP) is 0.920. The van der Waals surface area contributed by atoms with Crippen molar-refractivity contribution >= 4 is 0 Å². The third kappa shape index (κ3) is 0.716. The minimum atomic E-state index is 0.741. The van der Waals surface area contributed by atoms with Crippen LogP contribution in [-0.4, -0.2) is 6.04 Å². The molecule has 1 atom stereocenters. The molecule has 0 saturated carbocycles. The van der Waals surface area contributed by atoms with Gasteiger partial charge in [0.25, 0.3) is 0 Å². The number of hydrogen-bond donors (Lipinski definition) is 1. The Bertz CT molecular complexity index is 37.2. The molecule has 0 aliphatic carbocycles. The normalized spacial score (nSPS) is 34.5. The summed E-state index contributed by atoms with van der Waals surface area (Å²) in [5.41, 5.74) is 0. The van der Waals surface area contributed by atoms with Crippen LogP contribution in [0.5, 0.6) is 0 Å². The molecule has 0 spiro atoms. The van der Waals surface area contributed by atoms with Crippen LogP contribution in [0.3, 0.4) is 0 Å². The highest BCUT2D eigenvalue weighted by Crippen LogP contribution is 2.05. The lowest BCUT2D eigenvalue weighted by molar-refractivity contribution is 0.680. The summed E-state index contributed by atoms with van der Waals surface area (Å²) < 4.78 is 0. The molecule has 1 N–H and O–H groups in total. The monoisotopic (exact) mass is 84.1 g/mol. The van der Waals surface area contributed by atoms with Crippen LogP contribution < -0.4 is 5.32 Å². The van der Waals surface area contributed by atoms with Gasteiger partial charge in [-0.15, -0.1) is 0 Å². The molecule has 1 aliphatic heterocycles. The summed E-state index contributed by atoms with van der Waals surface area (Å²) in [5, 5.41) is 3.19. The van der Waals surface area contributed by atoms with E-state index in [4.69, 9.17) is 0 Å². The van der Waals surface area contributed by atoms with E-state index in [1.165, 1.54) is 12.8 Å². The first kappa shape index (κ1) is 4.13. The molecular weight excluding hydrogens is 74.1 g/mol. The van der Waals surface area contributed by atoms with Crippen molar-refractivity contribution in [1.82, 2.24) is 5.32 Å². The molecule has 0 aromatic carbocycles. The van der Waals surface area contributed by atoms with Gasteiger partial charge in [-0.1, -0.05) is 0 Å². The zero-order valence-electron chi connectivity index (χ0n) is 4.07. The zero-order chi connectivity index (χ0) is 4.41. The molecule has 1 heteroatoms. The van der Waals surface area contributed by atoms with E-state index in [-0.39, 0.29) is 0 Å². The van der Waals surface area contributed by atoms with Gasteiger partial charge in [0.1, 0.15) is 0 Å². The summed E-state index contributed by atoms with van der Waals surface area (Å²) in [6.07, 6.45) is 2.57. The van der Waals surface area contributed by atoms with Gasteiger partial charge in [0.2, 0.25) is 0 Å². The fourth-order valence-corrected chi connectivity index (χ4v) is 0.701. The molecule has 1 aliphatic rings. The quantitative estimate of drug-likeness (QED) is 0.460. The topological polar surface area (TPSA) is 12.0 Å². The van der Waals surface area contributed by atoms with Gasteiger partial charge >= 0.3 is 0 Å². The average molecular weight is 84.1 g/mol. The minimum Gasteiger partial charge on any atom is -0.310 e. The van der Waals surface area contributed by atoms with Crippen LogP contribution in [0.25, 0.3) is 0 Å². The van der Waals surface area contributed by atoms with Crippen molar-refractivity contribution in [3.05, 3.63) is 6.54 Å². The highest BCUT2D eigenvalue weighted by molar-refractivity contribution is 4.77. The second kappa shape index (κ2) is 1.61. The lowest BCUT2D eigenvalue weighted by Crippen LogP contribution is -2.12.